The van der Waals surface area contributed by atoms with E-state index >= 15 is 0 Å². The van der Waals surface area contributed by atoms with Crippen molar-refractivity contribution >= 4 is 27.5 Å². The number of hydrogen-bond donors (Lipinski definition) is 0. The predicted octanol–water partition coefficient (Wildman–Crippen LogP) is 3.27. The summed E-state index contributed by atoms with van der Waals surface area (Å²) in [6, 6.07) is 9.13. The van der Waals surface area contributed by atoms with Gasteiger partial charge in [-0.05, 0) is 36.4 Å². The van der Waals surface area contributed by atoms with Crippen LogP contribution in [0.1, 0.15) is 23.2 Å². The summed E-state index contributed by atoms with van der Waals surface area (Å²) in [5.74, 6) is -2.61. The molecule has 2 heterocycles. The van der Waals surface area contributed by atoms with Gasteiger partial charge in [0.25, 0.3) is 5.91 Å². The van der Waals surface area contributed by atoms with Crippen molar-refractivity contribution < 1.29 is 26.7 Å². The summed E-state index contributed by atoms with van der Waals surface area (Å²) in [5, 5.41) is 0.425. The van der Waals surface area contributed by atoms with E-state index in [1.54, 1.807) is 0 Å². The summed E-state index contributed by atoms with van der Waals surface area (Å²) in [6.07, 6.45) is 0.392. The molecule has 0 bridgehead atoms. The maximum Gasteiger partial charge on any atom is 0.259 e. The highest BCUT2D eigenvalue weighted by molar-refractivity contribution is 7.89. The minimum absolute atomic E-state index is 0.101. The normalized spacial score (nSPS) is 19.4. The van der Waals surface area contributed by atoms with Gasteiger partial charge in [-0.2, -0.15) is 4.31 Å². The highest BCUT2D eigenvalue weighted by Crippen LogP contribution is 2.38. The number of amides is 1. The molecule has 160 valence electrons. The molecule has 2 fully saturated rings. The van der Waals surface area contributed by atoms with Crippen molar-refractivity contribution in [1.82, 2.24) is 9.21 Å². The van der Waals surface area contributed by atoms with Crippen molar-refractivity contribution in [2.24, 2.45) is 0 Å². The summed E-state index contributed by atoms with van der Waals surface area (Å²) >= 11 is 5.86. The highest BCUT2D eigenvalue weighted by atomic mass is 35.5. The zero-order valence-corrected chi connectivity index (χ0v) is 17.4. The van der Waals surface area contributed by atoms with Crippen LogP contribution in [-0.2, 0) is 14.8 Å². The number of carbonyl (C=O) groups is 1. The fourth-order valence-electron chi connectivity index (χ4n) is 3.98. The fourth-order valence-corrected chi connectivity index (χ4v) is 5.83. The van der Waals surface area contributed by atoms with Gasteiger partial charge in [-0.15, -0.1) is 0 Å². The van der Waals surface area contributed by atoms with Crippen LogP contribution < -0.4 is 0 Å². The molecular weight excluding hydrogens is 438 g/mol. The van der Waals surface area contributed by atoms with E-state index in [0.29, 0.717) is 5.02 Å². The number of benzene rings is 2. The molecule has 6 nitrogen and oxygen atoms in total. The van der Waals surface area contributed by atoms with E-state index in [1.165, 1.54) is 39.5 Å². The largest absolute Gasteiger partial charge is 0.358 e. The number of halogens is 3. The Hall–Kier alpha value is -2.07. The molecular formula is C20H19ClF2N2O4S. The summed E-state index contributed by atoms with van der Waals surface area (Å²) in [5.41, 5.74) is -1.70. The van der Waals surface area contributed by atoms with Crippen molar-refractivity contribution in [2.45, 2.75) is 23.5 Å². The van der Waals surface area contributed by atoms with Crippen LogP contribution in [0.15, 0.2) is 47.4 Å². The Morgan fingerprint density at radius 1 is 1.00 bits per heavy atom. The number of carbonyl (C=O) groups excluding carboxylic acids is 1. The molecule has 1 spiro atoms. The third kappa shape index (κ3) is 3.60. The second-order valence-corrected chi connectivity index (χ2v) is 9.51. The Labute approximate surface area is 178 Å². The minimum Gasteiger partial charge on any atom is -0.358 e. The summed E-state index contributed by atoms with van der Waals surface area (Å²) in [7, 11) is -3.84. The Morgan fingerprint density at radius 3 is 2.20 bits per heavy atom. The van der Waals surface area contributed by atoms with Gasteiger partial charge in [0.2, 0.25) is 10.0 Å². The van der Waals surface area contributed by atoms with Gasteiger partial charge in [0.05, 0.1) is 11.5 Å². The molecule has 1 amide bonds. The van der Waals surface area contributed by atoms with Crippen molar-refractivity contribution in [2.75, 3.05) is 26.2 Å². The molecule has 0 unspecified atom stereocenters. The van der Waals surface area contributed by atoms with Crippen molar-refractivity contribution in [3.63, 3.8) is 0 Å². The van der Waals surface area contributed by atoms with Crippen LogP contribution in [-0.4, -0.2) is 55.5 Å². The highest BCUT2D eigenvalue weighted by Gasteiger charge is 2.51. The molecule has 2 aliphatic rings. The molecule has 0 radical (unpaired) electrons. The monoisotopic (exact) mass is 456 g/mol. The lowest BCUT2D eigenvalue weighted by atomic mass is 9.99. The molecule has 0 aromatic heterocycles. The summed E-state index contributed by atoms with van der Waals surface area (Å²) in [6.45, 7) is 0.627. The molecule has 10 heteroatoms. The van der Waals surface area contributed by atoms with Gasteiger partial charge in [0, 0.05) is 37.5 Å². The molecule has 2 aromatic rings. The third-order valence-corrected chi connectivity index (χ3v) is 7.75. The van der Waals surface area contributed by atoms with Crippen molar-refractivity contribution in [3.8, 4) is 0 Å². The maximum atomic E-state index is 14.0. The van der Waals surface area contributed by atoms with Crippen LogP contribution in [0.4, 0.5) is 8.78 Å². The van der Waals surface area contributed by atoms with Crippen molar-refractivity contribution in [3.05, 3.63) is 64.7 Å². The number of sulfonamides is 1. The van der Waals surface area contributed by atoms with Gasteiger partial charge in [-0.25, -0.2) is 17.2 Å². The number of nitrogens with zero attached hydrogens (tertiary/aromatic N) is 2. The lowest BCUT2D eigenvalue weighted by Gasteiger charge is -2.42. The van der Waals surface area contributed by atoms with Crippen LogP contribution in [0.3, 0.4) is 0 Å². The number of hydrogen-bond acceptors (Lipinski definition) is 4. The zero-order chi connectivity index (χ0) is 21.5. The first-order valence-electron chi connectivity index (χ1n) is 9.40. The van der Waals surface area contributed by atoms with E-state index < -0.39 is 38.9 Å². The number of ether oxygens (including phenoxy) is 1. The van der Waals surface area contributed by atoms with Crippen LogP contribution in [0, 0.1) is 11.6 Å². The minimum atomic E-state index is -3.84. The van der Waals surface area contributed by atoms with Crippen LogP contribution >= 0.6 is 11.6 Å². The fraction of sp³-hybridized carbons (Fsp3) is 0.350. The van der Waals surface area contributed by atoms with Gasteiger partial charge in [-0.3, -0.25) is 4.79 Å². The smallest absolute Gasteiger partial charge is 0.259 e. The number of piperidine rings is 1. The second kappa shape index (κ2) is 7.88. The Bertz CT molecular complexity index is 1050. The lowest BCUT2D eigenvalue weighted by molar-refractivity contribution is -0.0857. The Kier molecular flexibility index (Phi) is 5.56. The Morgan fingerprint density at radius 2 is 1.60 bits per heavy atom. The number of likely N-dealkylation sites (tertiary alicyclic amines) is 1. The standard InChI is InChI=1S/C20H19ClF2N2O4S/c21-14-4-6-15(7-5-14)30(27,28)25-12-13-29-20(25)8-10-24(11-9-20)19(26)18-16(22)2-1-3-17(18)23/h1-7H,8-13H2. The molecule has 0 atom stereocenters. The van der Waals surface area contributed by atoms with Gasteiger partial charge in [0.15, 0.2) is 0 Å². The van der Waals surface area contributed by atoms with E-state index in [9.17, 15) is 22.0 Å². The first kappa shape index (κ1) is 21.2. The zero-order valence-electron chi connectivity index (χ0n) is 15.9. The van der Waals surface area contributed by atoms with Crippen molar-refractivity contribution in [1.29, 1.82) is 0 Å². The molecule has 2 aromatic carbocycles. The van der Waals surface area contributed by atoms with Gasteiger partial charge >= 0.3 is 0 Å². The molecule has 0 N–H and O–H groups in total. The van der Waals surface area contributed by atoms with E-state index in [-0.39, 0.29) is 44.0 Å². The van der Waals surface area contributed by atoms with E-state index in [0.717, 1.165) is 12.1 Å². The topological polar surface area (TPSA) is 66.9 Å². The second-order valence-electron chi connectivity index (χ2n) is 7.21. The van der Waals surface area contributed by atoms with Crippen LogP contribution in [0.25, 0.3) is 0 Å². The average Bonchev–Trinajstić information content (AvgIpc) is 3.12. The summed E-state index contributed by atoms with van der Waals surface area (Å²) < 4.78 is 61.4. The summed E-state index contributed by atoms with van der Waals surface area (Å²) in [4.78, 5) is 14.1. The molecule has 4 rings (SSSR count). The predicted molar refractivity (Wildman–Crippen MR) is 106 cm³/mol. The molecule has 0 saturated carbocycles. The maximum absolute atomic E-state index is 14.0. The quantitative estimate of drug-likeness (QED) is 0.711. The molecule has 2 aliphatic heterocycles. The van der Waals surface area contributed by atoms with E-state index in [2.05, 4.69) is 0 Å². The van der Waals surface area contributed by atoms with Crippen LogP contribution in [0.2, 0.25) is 5.02 Å². The van der Waals surface area contributed by atoms with E-state index in [1.807, 2.05) is 0 Å². The Balaban J connectivity index is 1.54. The lowest BCUT2D eigenvalue weighted by Crippen LogP contribution is -2.55. The molecule has 30 heavy (non-hydrogen) atoms. The van der Waals surface area contributed by atoms with Gasteiger partial charge in [0.1, 0.15) is 22.9 Å². The van der Waals surface area contributed by atoms with E-state index in [4.69, 9.17) is 16.3 Å². The molecule has 0 aliphatic carbocycles. The first-order chi connectivity index (χ1) is 14.2. The van der Waals surface area contributed by atoms with Crippen LogP contribution in [0.5, 0.6) is 0 Å². The van der Waals surface area contributed by atoms with Gasteiger partial charge in [-0.1, -0.05) is 17.7 Å². The SMILES string of the molecule is O=C(c1c(F)cccc1F)N1CCC2(CC1)OCCN2S(=O)(=O)c1ccc(Cl)cc1. The third-order valence-electron chi connectivity index (χ3n) is 5.53. The first-order valence-corrected chi connectivity index (χ1v) is 11.2. The van der Waals surface area contributed by atoms with Gasteiger partial charge < -0.3 is 9.64 Å². The molecule has 2 saturated heterocycles. The number of rotatable bonds is 3. The average molecular weight is 457 g/mol.